The lowest BCUT2D eigenvalue weighted by molar-refractivity contribution is 0.282. The highest BCUT2D eigenvalue weighted by molar-refractivity contribution is 5.79. The summed E-state index contributed by atoms with van der Waals surface area (Å²) in [5.74, 6) is 1.66. The van der Waals surface area contributed by atoms with Gasteiger partial charge >= 0.3 is 0 Å². The summed E-state index contributed by atoms with van der Waals surface area (Å²) in [5, 5.41) is 9.00. The van der Waals surface area contributed by atoms with Gasteiger partial charge < -0.3 is 19.1 Å². The number of ether oxygens (including phenoxy) is 2. The molecule has 3 rings (SSSR count). The fourth-order valence-electron chi connectivity index (χ4n) is 3.13. The summed E-state index contributed by atoms with van der Waals surface area (Å²) < 4.78 is 12.7. The fraction of sp³-hybridized carbons (Fsp3) is 0.318. The minimum atomic E-state index is 0.242. The molecule has 0 bridgehead atoms. The molecule has 0 atom stereocenters. The van der Waals surface area contributed by atoms with Crippen LogP contribution in [0, 0.1) is 0 Å². The lowest BCUT2D eigenvalue weighted by atomic mass is 10.0. The van der Waals surface area contributed by atoms with E-state index in [9.17, 15) is 0 Å². The van der Waals surface area contributed by atoms with Crippen molar-refractivity contribution < 1.29 is 14.6 Å². The summed E-state index contributed by atoms with van der Waals surface area (Å²) >= 11 is 0. The number of benzene rings is 2. The molecule has 0 amide bonds. The van der Waals surface area contributed by atoms with Gasteiger partial charge in [-0.3, -0.25) is 0 Å². The molecular weight excluding hydrogens is 340 g/mol. The maximum absolute atomic E-state index is 9.00. The monoisotopic (exact) mass is 366 g/mol. The zero-order chi connectivity index (χ0) is 19.1. The van der Waals surface area contributed by atoms with Gasteiger partial charge in [0, 0.05) is 24.3 Å². The molecule has 27 heavy (non-hydrogen) atoms. The molecule has 0 saturated heterocycles. The molecule has 0 spiro atoms. The van der Waals surface area contributed by atoms with Crippen LogP contribution in [0.25, 0.3) is 22.5 Å². The van der Waals surface area contributed by atoms with E-state index in [1.807, 2.05) is 42.7 Å². The first-order valence-electron chi connectivity index (χ1n) is 9.21. The summed E-state index contributed by atoms with van der Waals surface area (Å²) in [5.41, 5.74) is 4.19. The minimum absolute atomic E-state index is 0.242. The van der Waals surface area contributed by atoms with Gasteiger partial charge in [0.25, 0.3) is 0 Å². The van der Waals surface area contributed by atoms with Crippen LogP contribution in [-0.2, 0) is 6.54 Å². The molecule has 5 nitrogen and oxygen atoms in total. The molecule has 0 saturated carbocycles. The lowest BCUT2D eigenvalue weighted by Crippen LogP contribution is -2.00. The lowest BCUT2D eigenvalue weighted by Gasteiger charge is -2.12. The van der Waals surface area contributed by atoms with Gasteiger partial charge in [0.05, 0.1) is 31.9 Å². The predicted molar refractivity (Wildman–Crippen MR) is 107 cm³/mol. The van der Waals surface area contributed by atoms with Gasteiger partial charge in [0.15, 0.2) is 0 Å². The summed E-state index contributed by atoms with van der Waals surface area (Å²) in [6.07, 6.45) is 4.73. The van der Waals surface area contributed by atoms with Crippen molar-refractivity contribution in [1.29, 1.82) is 0 Å². The number of methoxy groups -OCH3 is 2. The molecular formula is C22H26N2O3. The topological polar surface area (TPSA) is 56.5 Å². The first-order valence-corrected chi connectivity index (χ1v) is 9.21. The van der Waals surface area contributed by atoms with Crippen LogP contribution in [0.3, 0.4) is 0 Å². The summed E-state index contributed by atoms with van der Waals surface area (Å²) in [4.78, 5) is 4.70. The molecule has 1 N–H and O–H groups in total. The number of aromatic nitrogens is 2. The Morgan fingerprint density at radius 1 is 0.815 bits per heavy atom. The van der Waals surface area contributed by atoms with E-state index < -0.39 is 0 Å². The Kier molecular flexibility index (Phi) is 6.49. The average molecular weight is 366 g/mol. The summed E-state index contributed by atoms with van der Waals surface area (Å²) in [6, 6.07) is 16.0. The number of aliphatic hydroxyl groups excluding tert-OH is 1. The van der Waals surface area contributed by atoms with Gasteiger partial charge in [-0.05, 0) is 67.8 Å². The molecule has 5 heteroatoms. The highest BCUT2D eigenvalue weighted by Crippen LogP contribution is 2.33. The second kappa shape index (κ2) is 9.24. The van der Waals surface area contributed by atoms with E-state index in [1.54, 1.807) is 14.2 Å². The first kappa shape index (κ1) is 19.0. The largest absolute Gasteiger partial charge is 0.497 e. The molecule has 2 aromatic carbocycles. The smallest absolute Gasteiger partial charge is 0.118 e. The Morgan fingerprint density at radius 2 is 1.41 bits per heavy atom. The van der Waals surface area contributed by atoms with Crippen molar-refractivity contribution in [3.05, 3.63) is 54.9 Å². The van der Waals surface area contributed by atoms with E-state index in [0.717, 1.165) is 59.8 Å². The zero-order valence-corrected chi connectivity index (χ0v) is 15.9. The normalized spacial score (nSPS) is 10.8. The van der Waals surface area contributed by atoms with Crippen LogP contribution in [0.15, 0.2) is 54.9 Å². The van der Waals surface area contributed by atoms with Crippen LogP contribution in [0.5, 0.6) is 11.5 Å². The van der Waals surface area contributed by atoms with Gasteiger partial charge in [-0.25, -0.2) is 4.98 Å². The number of unbranched alkanes of at least 4 members (excludes halogenated alkanes) is 2. The predicted octanol–water partition coefficient (Wildman–Crippen LogP) is 4.40. The van der Waals surface area contributed by atoms with Crippen molar-refractivity contribution in [2.75, 3.05) is 20.8 Å². The van der Waals surface area contributed by atoms with Crippen LogP contribution in [0.4, 0.5) is 0 Å². The van der Waals surface area contributed by atoms with Crippen LogP contribution < -0.4 is 9.47 Å². The molecule has 0 unspecified atom stereocenters. The molecule has 1 heterocycles. The molecule has 1 aromatic heterocycles. The van der Waals surface area contributed by atoms with Gasteiger partial charge in [-0.15, -0.1) is 0 Å². The second-order valence-corrected chi connectivity index (χ2v) is 6.38. The van der Waals surface area contributed by atoms with Crippen molar-refractivity contribution in [3.63, 3.8) is 0 Å². The van der Waals surface area contributed by atoms with E-state index in [4.69, 9.17) is 19.6 Å². The number of aryl methyl sites for hydroxylation is 1. The van der Waals surface area contributed by atoms with Crippen LogP contribution in [-0.4, -0.2) is 35.5 Å². The van der Waals surface area contributed by atoms with Gasteiger partial charge in [-0.1, -0.05) is 0 Å². The Balaban J connectivity index is 1.97. The first-order chi connectivity index (χ1) is 13.3. The van der Waals surface area contributed by atoms with E-state index in [0.29, 0.717) is 0 Å². The van der Waals surface area contributed by atoms with Crippen LogP contribution in [0.1, 0.15) is 19.3 Å². The standard InChI is InChI=1S/C22H26N2O3/c1-26-19-10-6-17(7-11-19)21-22(18-8-12-20(27-2)13-9-18)24(16-23-21)14-4-3-5-15-25/h6-13,16,25H,3-5,14-15H2,1-2H3. The number of imidazole rings is 1. The molecule has 0 radical (unpaired) electrons. The van der Waals surface area contributed by atoms with Crippen molar-refractivity contribution in [1.82, 2.24) is 9.55 Å². The number of aliphatic hydroxyl groups is 1. The molecule has 3 aromatic rings. The van der Waals surface area contributed by atoms with Crippen molar-refractivity contribution in [2.45, 2.75) is 25.8 Å². The van der Waals surface area contributed by atoms with Crippen LogP contribution >= 0.6 is 0 Å². The Morgan fingerprint density at radius 3 is 1.96 bits per heavy atom. The van der Waals surface area contributed by atoms with E-state index in [1.165, 1.54) is 0 Å². The molecule has 142 valence electrons. The second-order valence-electron chi connectivity index (χ2n) is 6.38. The minimum Gasteiger partial charge on any atom is -0.497 e. The van der Waals surface area contributed by atoms with Crippen molar-refractivity contribution in [3.8, 4) is 34.0 Å². The van der Waals surface area contributed by atoms with Gasteiger partial charge in [-0.2, -0.15) is 0 Å². The number of nitrogens with zero attached hydrogens (tertiary/aromatic N) is 2. The number of hydrogen-bond acceptors (Lipinski definition) is 4. The van der Waals surface area contributed by atoms with E-state index >= 15 is 0 Å². The number of hydrogen-bond donors (Lipinski definition) is 1. The molecule has 0 aliphatic rings. The summed E-state index contributed by atoms with van der Waals surface area (Å²) in [6.45, 7) is 1.11. The zero-order valence-electron chi connectivity index (χ0n) is 15.9. The fourth-order valence-corrected chi connectivity index (χ4v) is 3.13. The third-order valence-corrected chi connectivity index (χ3v) is 4.62. The quantitative estimate of drug-likeness (QED) is 0.571. The van der Waals surface area contributed by atoms with Gasteiger partial charge in [0.1, 0.15) is 11.5 Å². The van der Waals surface area contributed by atoms with Crippen molar-refractivity contribution in [2.24, 2.45) is 0 Å². The van der Waals surface area contributed by atoms with Crippen molar-refractivity contribution >= 4 is 0 Å². The number of rotatable bonds is 9. The maximum atomic E-state index is 9.00. The van der Waals surface area contributed by atoms with E-state index in [2.05, 4.69) is 16.7 Å². The van der Waals surface area contributed by atoms with Gasteiger partial charge in [0.2, 0.25) is 0 Å². The molecule has 0 aliphatic carbocycles. The SMILES string of the molecule is COc1ccc(-c2ncn(CCCCCO)c2-c2ccc(OC)cc2)cc1. The highest BCUT2D eigenvalue weighted by atomic mass is 16.5. The van der Waals surface area contributed by atoms with E-state index in [-0.39, 0.29) is 6.61 Å². The highest BCUT2D eigenvalue weighted by Gasteiger charge is 2.15. The van der Waals surface area contributed by atoms with Crippen LogP contribution in [0.2, 0.25) is 0 Å². The Labute approximate surface area is 160 Å². The Bertz CT molecular complexity index is 839. The summed E-state index contributed by atoms with van der Waals surface area (Å²) in [7, 11) is 3.34. The molecule has 0 aliphatic heterocycles. The maximum Gasteiger partial charge on any atom is 0.118 e. The third-order valence-electron chi connectivity index (χ3n) is 4.62. The third kappa shape index (κ3) is 4.49. The molecule has 0 fully saturated rings. The Hall–Kier alpha value is -2.79. The average Bonchev–Trinajstić information content (AvgIpc) is 3.15.